The molecule has 1 atom stereocenters. The minimum Gasteiger partial charge on any atom is -0.325 e. The highest BCUT2D eigenvalue weighted by Crippen LogP contribution is 2.44. The highest BCUT2D eigenvalue weighted by molar-refractivity contribution is 6.03. The summed E-state index contributed by atoms with van der Waals surface area (Å²) in [6.45, 7) is 0. The van der Waals surface area contributed by atoms with Crippen molar-refractivity contribution in [3.05, 3.63) is 29.3 Å². The fraction of sp³-hybridized carbons (Fsp3) is 0.438. The minimum atomic E-state index is -4.52. The molecule has 0 spiro atoms. The van der Waals surface area contributed by atoms with Crippen molar-refractivity contribution >= 4 is 11.6 Å². The van der Waals surface area contributed by atoms with Crippen molar-refractivity contribution in [3.63, 3.8) is 0 Å². The third-order valence-corrected chi connectivity index (χ3v) is 3.98. The van der Waals surface area contributed by atoms with Gasteiger partial charge >= 0.3 is 6.18 Å². The Morgan fingerprint density at radius 2 is 1.96 bits per heavy atom. The smallest absolute Gasteiger partial charge is 0.325 e. The number of para-hydroxylation sites is 1. The van der Waals surface area contributed by atoms with Gasteiger partial charge in [0.15, 0.2) is 0 Å². The van der Waals surface area contributed by atoms with E-state index in [1.54, 1.807) is 0 Å². The van der Waals surface area contributed by atoms with Gasteiger partial charge in [-0.2, -0.15) is 13.2 Å². The molecule has 0 aliphatic carbocycles. The number of nitrogens with two attached hydrogens (primary N) is 2. The van der Waals surface area contributed by atoms with Crippen molar-refractivity contribution in [2.24, 2.45) is 11.5 Å². The van der Waals surface area contributed by atoms with Crippen LogP contribution in [0, 0.1) is 12.3 Å². The van der Waals surface area contributed by atoms with Gasteiger partial charge in [0.05, 0.1) is 22.8 Å². The molecule has 0 saturated heterocycles. The van der Waals surface area contributed by atoms with Crippen LogP contribution in [0.15, 0.2) is 18.2 Å². The van der Waals surface area contributed by atoms with E-state index in [2.05, 4.69) is 11.2 Å². The third-order valence-electron chi connectivity index (χ3n) is 3.98. The summed E-state index contributed by atoms with van der Waals surface area (Å²) in [5.41, 5.74) is 10.1. The monoisotopic (exact) mass is 325 g/mol. The molecule has 0 radical (unpaired) electrons. The predicted molar refractivity (Wildman–Crippen MR) is 81.2 cm³/mol. The molecule has 23 heavy (non-hydrogen) atoms. The molecule has 0 aromatic heterocycles. The van der Waals surface area contributed by atoms with Gasteiger partial charge in [0, 0.05) is 6.42 Å². The van der Waals surface area contributed by atoms with Crippen LogP contribution in [0.1, 0.15) is 42.7 Å². The second-order valence-corrected chi connectivity index (χ2v) is 5.79. The lowest BCUT2D eigenvalue weighted by molar-refractivity contribution is -0.136. The zero-order valence-corrected chi connectivity index (χ0v) is 12.4. The fourth-order valence-corrected chi connectivity index (χ4v) is 2.72. The molecule has 4 nitrogen and oxygen atoms in total. The van der Waals surface area contributed by atoms with E-state index >= 15 is 0 Å². The number of anilines is 1. The summed E-state index contributed by atoms with van der Waals surface area (Å²) in [7, 11) is 0. The Morgan fingerprint density at radius 3 is 2.57 bits per heavy atom. The van der Waals surface area contributed by atoms with Crippen LogP contribution in [-0.4, -0.2) is 11.6 Å². The average Bonchev–Trinajstić information content (AvgIpc) is 2.77. The molecule has 1 unspecified atom stereocenters. The van der Waals surface area contributed by atoms with Crippen LogP contribution >= 0.6 is 0 Å². The Bertz CT molecular complexity index is 647. The first-order valence-corrected chi connectivity index (χ1v) is 7.18. The number of amides is 1. The van der Waals surface area contributed by atoms with E-state index in [4.69, 9.17) is 17.9 Å². The van der Waals surface area contributed by atoms with Gasteiger partial charge in [0.2, 0.25) is 5.91 Å². The number of fused-ring (bicyclic) bond motifs is 1. The first-order valence-electron chi connectivity index (χ1n) is 7.18. The molecular formula is C16H18F3N3O. The first kappa shape index (κ1) is 17.3. The standard InChI is InChI=1S/C16H18F3N3O/c1-2-3-8-15(20,21)9-7-11-10-5-4-6-12(16(17,18)19)13(10)22-14(11)23/h1,4-6,11H,3,7-9,20-21H2,(H,22,23). The van der Waals surface area contributed by atoms with Gasteiger partial charge in [-0.25, -0.2) is 0 Å². The summed E-state index contributed by atoms with van der Waals surface area (Å²) in [5.74, 6) is 1.28. The summed E-state index contributed by atoms with van der Waals surface area (Å²) < 4.78 is 39.0. The molecule has 0 bridgehead atoms. The number of carbonyl (C=O) groups excluding carboxylic acids is 1. The van der Waals surface area contributed by atoms with Crippen molar-refractivity contribution in [2.75, 3.05) is 5.32 Å². The molecule has 1 aromatic rings. The Kier molecular flexibility index (Phi) is 4.68. The van der Waals surface area contributed by atoms with E-state index in [1.165, 1.54) is 12.1 Å². The lowest BCUT2D eigenvalue weighted by Gasteiger charge is -2.24. The number of nitrogens with one attached hydrogen (secondary N) is 1. The number of hydrogen-bond donors (Lipinski definition) is 3. The van der Waals surface area contributed by atoms with E-state index in [-0.39, 0.29) is 18.5 Å². The quantitative estimate of drug-likeness (QED) is 0.575. The van der Waals surface area contributed by atoms with Crippen LogP contribution < -0.4 is 16.8 Å². The van der Waals surface area contributed by atoms with E-state index in [0.29, 0.717) is 18.4 Å². The van der Waals surface area contributed by atoms with Crippen LogP contribution in [0.25, 0.3) is 0 Å². The number of alkyl halides is 3. The van der Waals surface area contributed by atoms with Gasteiger partial charge in [-0.1, -0.05) is 12.1 Å². The summed E-state index contributed by atoms with van der Waals surface area (Å²) in [6, 6.07) is 3.76. The van der Waals surface area contributed by atoms with Crippen LogP contribution in [0.2, 0.25) is 0 Å². The zero-order chi connectivity index (χ0) is 17.3. The summed E-state index contributed by atoms with van der Waals surface area (Å²) >= 11 is 0. The molecule has 1 aliphatic rings. The lowest BCUT2D eigenvalue weighted by Crippen LogP contribution is -2.49. The summed E-state index contributed by atoms with van der Waals surface area (Å²) in [6.07, 6.45) is 1.97. The molecule has 1 amide bonds. The highest BCUT2D eigenvalue weighted by atomic mass is 19.4. The molecule has 1 aromatic carbocycles. The second kappa shape index (κ2) is 6.22. The normalized spacial score (nSPS) is 17.6. The maximum atomic E-state index is 13.0. The third kappa shape index (κ3) is 3.84. The van der Waals surface area contributed by atoms with Crippen molar-refractivity contribution in [3.8, 4) is 12.3 Å². The van der Waals surface area contributed by atoms with Gasteiger partial charge in [0.25, 0.3) is 0 Å². The molecule has 5 N–H and O–H groups in total. The molecule has 124 valence electrons. The Hall–Kier alpha value is -2.04. The minimum absolute atomic E-state index is 0.168. The Balaban J connectivity index is 2.19. The van der Waals surface area contributed by atoms with E-state index in [9.17, 15) is 18.0 Å². The maximum absolute atomic E-state index is 13.0. The SMILES string of the molecule is C#CCCC(N)(N)CCC1C(=O)Nc2c1cccc2C(F)(F)F. The first-order chi connectivity index (χ1) is 10.7. The molecule has 1 heterocycles. The molecule has 0 fully saturated rings. The van der Waals surface area contributed by atoms with E-state index in [1.807, 2.05) is 0 Å². The van der Waals surface area contributed by atoms with Gasteiger partial charge < -0.3 is 16.8 Å². The Labute approximate surface area is 132 Å². The van der Waals surface area contributed by atoms with Crippen LogP contribution in [0.3, 0.4) is 0 Å². The van der Waals surface area contributed by atoms with Crippen molar-refractivity contribution in [2.45, 2.75) is 43.4 Å². The van der Waals surface area contributed by atoms with Crippen LogP contribution in [0.4, 0.5) is 18.9 Å². The van der Waals surface area contributed by atoms with E-state index < -0.39 is 29.2 Å². The van der Waals surface area contributed by atoms with Gasteiger partial charge in [-0.3, -0.25) is 4.79 Å². The summed E-state index contributed by atoms with van der Waals surface area (Å²) in [5, 5.41) is 2.33. The number of rotatable bonds is 5. The van der Waals surface area contributed by atoms with Crippen LogP contribution in [-0.2, 0) is 11.0 Å². The largest absolute Gasteiger partial charge is 0.418 e. The highest BCUT2D eigenvalue weighted by Gasteiger charge is 2.40. The lowest BCUT2D eigenvalue weighted by atomic mass is 9.89. The maximum Gasteiger partial charge on any atom is 0.418 e. The summed E-state index contributed by atoms with van der Waals surface area (Å²) in [4.78, 5) is 12.0. The topological polar surface area (TPSA) is 81.1 Å². The van der Waals surface area contributed by atoms with Gasteiger partial charge in [-0.05, 0) is 30.9 Å². The molecule has 7 heteroatoms. The second-order valence-electron chi connectivity index (χ2n) is 5.79. The number of halogens is 3. The predicted octanol–water partition coefficient (Wildman–Crippen LogP) is 2.55. The fourth-order valence-electron chi connectivity index (χ4n) is 2.72. The number of benzene rings is 1. The van der Waals surface area contributed by atoms with Crippen LogP contribution in [0.5, 0.6) is 0 Å². The molecule has 0 saturated carbocycles. The zero-order valence-electron chi connectivity index (χ0n) is 12.4. The van der Waals surface area contributed by atoms with E-state index in [0.717, 1.165) is 6.07 Å². The van der Waals surface area contributed by atoms with Crippen molar-refractivity contribution in [1.29, 1.82) is 0 Å². The van der Waals surface area contributed by atoms with Crippen molar-refractivity contribution < 1.29 is 18.0 Å². The van der Waals surface area contributed by atoms with Gasteiger partial charge in [-0.15, -0.1) is 12.3 Å². The van der Waals surface area contributed by atoms with Crippen molar-refractivity contribution in [1.82, 2.24) is 0 Å². The Morgan fingerprint density at radius 1 is 1.26 bits per heavy atom. The molecule has 2 rings (SSSR count). The average molecular weight is 325 g/mol. The van der Waals surface area contributed by atoms with Gasteiger partial charge in [0.1, 0.15) is 0 Å². The molecular weight excluding hydrogens is 307 g/mol. The molecule has 1 aliphatic heterocycles. The number of terminal acetylenes is 1. The number of hydrogen-bond acceptors (Lipinski definition) is 3. The number of carbonyl (C=O) groups is 1.